The number of aliphatic carboxylic acids is 2. The van der Waals surface area contributed by atoms with E-state index >= 15 is 0 Å². The van der Waals surface area contributed by atoms with Gasteiger partial charge in [0.15, 0.2) is 0 Å². The fraction of sp³-hybridized carbons (Fsp3) is 0.714. The summed E-state index contributed by atoms with van der Waals surface area (Å²) in [6.07, 6.45) is -0.508. The third kappa shape index (κ3) is 11.6. The zero-order valence-corrected chi connectivity index (χ0v) is 20.0. The number of hydrogen-bond acceptors (Lipinski definition) is 7. The number of rotatable bonds is 16. The number of nitrogens with one attached hydrogen (secondary N) is 3. The number of nitrogens with two attached hydrogens (primary N) is 2. The summed E-state index contributed by atoms with van der Waals surface area (Å²) in [6, 6.07) is -5.06. The molecule has 0 bridgehead atoms. The van der Waals surface area contributed by atoms with E-state index in [1.165, 1.54) is 0 Å². The maximum absolute atomic E-state index is 12.9. The van der Waals surface area contributed by atoms with Crippen molar-refractivity contribution in [3.05, 3.63) is 0 Å². The molecular formula is C21H37N5O8. The Balaban J connectivity index is 5.62. The van der Waals surface area contributed by atoms with Crippen LogP contribution >= 0.6 is 0 Å². The lowest BCUT2D eigenvalue weighted by Crippen LogP contribution is -2.58. The smallest absolute Gasteiger partial charge is 0.326 e. The fourth-order valence-electron chi connectivity index (χ4n) is 3.03. The zero-order chi connectivity index (χ0) is 26.6. The highest BCUT2D eigenvalue weighted by molar-refractivity contribution is 5.95. The largest absolute Gasteiger partial charge is 0.481 e. The van der Waals surface area contributed by atoms with Crippen LogP contribution in [0.25, 0.3) is 0 Å². The molecular weight excluding hydrogens is 450 g/mol. The molecule has 4 amide bonds. The summed E-state index contributed by atoms with van der Waals surface area (Å²) >= 11 is 0. The zero-order valence-electron chi connectivity index (χ0n) is 20.0. The minimum Gasteiger partial charge on any atom is -0.481 e. The van der Waals surface area contributed by atoms with Crippen molar-refractivity contribution in [2.75, 3.05) is 0 Å². The molecule has 0 aromatic carbocycles. The number of primary amides is 1. The third-order valence-electron chi connectivity index (χ3n) is 5.16. The lowest BCUT2D eigenvalue weighted by Gasteiger charge is -2.27. The first kappa shape index (κ1) is 30.8. The van der Waals surface area contributed by atoms with Crippen LogP contribution < -0.4 is 27.4 Å². The molecule has 0 aromatic rings. The molecule has 0 aliphatic rings. The minimum absolute atomic E-state index is 0.0643. The molecule has 0 aliphatic heterocycles. The van der Waals surface area contributed by atoms with Crippen molar-refractivity contribution in [3.63, 3.8) is 0 Å². The van der Waals surface area contributed by atoms with Gasteiger partial charge in [0.25, 0.3) is 0 Å². The third-order valence-corrected chi connectivity index (χ3v) is 5.16. The second-order valence-corrected chi connectivity index (χ2v) is 8.67. The van der Waals surface area contributed by atoms with Crippen LogP contribution in [0.5, 0.6) is 0 Å². The molecule has 0 spiro atoms. The van der Waals surface area contributed by atoms with Gasteiger partial charge in [0.2, 0.25) is 23.6 Å². The van der Waals surface area contributed by atoms with Crippen molar-refractivity contribution in [3.8, 4) is 0 Å². The monoisotopic (exact) mass is 487 g/mol. The first-order valence-corrected chi connectivity index (χ1v) is 11.1. The number of amides is 4. The van der Waals surface area contributed by atoms with Crippen molar-refractivity contribution in [1.82, 2.24) is 16.0 Å². The van der Waals surface area contributed by atoms with Crippen molar-refractivity contribution >= 4 is 35.6 Å². The van der Waals surface area contributed by atoms with Crippen molar-refractivity contribution in [2.45, 2.75) is 84.0 Å². The Kier molecular flexibility index (Phi) is 13.4. The predicted octanol–water partition coefficient (Wildman–Crippen LogP) is -1.31. The van der Waals surface area contributed by atoms with Crippen LogP contribution in [0.2, 0.25) is 0 Å². The van der Waals surface area contributed by atoms with E-state index in [0.29, 0.717) is 6.42 Å². The molecule has 5 unspecified atom stereocenters. The van der Waals surface area contributed by atoms with E-state index in [9.17, 15) is 33.9 Å². The molecule has 194 valence electrons. The average Bonchev–Trinajstić information content (AvgIpc) is 2.72. The van der Waals surface area contributed by atoms with Crippen LogP contribution in [0, 0.1) is 11.8 Å². The van der Waals surface area contributed by atoms with Crippen LogP contribution in [0.4, 0.5) is 0 Å². The van der Waals surface area contributed by atoms with E-state index in [1.54, 1.807) is 27.7 Å². The molecule has 0 aromatic heterocycles. The second-order valence-electron chi connectivity index (χ2n) is 8.67. The lowest BCUT2D eigenvalue weighted by molar-refractivity contribution is -0.144. The van der Waals surface area contributed by atoms with E-state index in [2.05, 4.69) is 16.0 Å². The van der Waals surface area contributed by atoms with E-state index < -0.39 is 66.2 Å². The molecule has 13 nitrogen and oxygen atoms in total. The van der Waals surface area contributed by atoms with Gasteiger partial charge in [0.1, 0.15) is 18.1 Å². The molecule has 0 radical (unpaired) electrons. The van der Waals surface area contributed by atoms with Gasteiger partial charge >= 0.3 is 11.9 Å². The molecule has 5 atom stereocenters. The highest BCUT2D eigenvalue weighted by Gasteiger charge is 2.32. The first-order valence-electron chi connectivity index (χ1n) is 11.1. The molecule has 34 heavy (non-hydrogen) atoms. The summed E-state index contributed by atoms with van der Waals surface area (Å²) < 4.78 is 0. The Morgan fingerprint density at radius 3 is 1.82 bits per heavy atom. The Hall–Kier alpha value is -3.22. The summed E-state index contributed by atoms with van der Waals surface area (Å²) in [4.78, 5) is 71.6. The second kappa shape index (κ2) is 14.8. The normalized spacial score (nSPS) is 15.4. The molecule has 0 rings (SSSR count). The van der Waals surface area contributed by atoms with Crippen molar-refractivity contribution in [1.29, 1.82) is 0 Å². The molecule has 13 heteroatoms. The summed E-state index contributed by atoms with van der Waals surface area (Å²) in [6.45, 7) is 7.05. The Morgan fingerprint density at radius 1 is 0.853 bits per heavy atom. The van der Waals surface area contributed by atoms with Gasteiger partial charge in [-0.1, -0.05) is 34.1 Å². The molecule has 9 N–H and O–H groups in total. The topological polar surface area (TPSA) is 231 Å². The Bertz CT molecular complexity index is 757. The van der Waals surface area contributed by atoms with Gasteiger partial charge in [0.05, 0.1) is 12.5 Å². The van der Waals surface area contributed by atoms with Crippen LogP contribution in [0.3, 0.4) is 0 Å². The number of carboxylic acids is 2. The number of carboxylic acid groups (broad SMARTS) is 2. The van der Waals surface area contributed by atoms with Gasteiger partial charge in [-0.3, -0.25) is 24.0 Å². The Morgan fingerprint density at radius 2 is 1.38 bits per heavy atom. The van der Waals surface area contributed by atoms with Crippen LogP contribution in [0.15, 0.2) is 0 Å². The number of carbonyl (C=O) groups excluding carboxylic acids is 4. The Labute approximate surface area is 198 Å². The number of carbonyl (C=O) groups is 6. The molecule has 0 saturated heterocycles. The van der Waals surface area contributed by atoms with E-state index in [4.69, 9.17) is 16.6 Å². The van der Waals surface area contributed by atoms with Gasteiger partial charge in [-0.05, 0) is 24.7 Å². The summed E-state index contributed by atoms with van der Waals surface area (Å²) in [5, 5.41) is 25.5. The van der Waals surface area contributed by atoms with E-state index in [1.807, 2.05) is 0 Å². The predicted molar refractivity (Wildman–Crippen MR) is 121 cm³/mol. The average molecular weight is 488 g/mol. The van der Waals surface area contributed by atoms with Gasteiger partial charge in [0, 0.05) is 6.42 Å². The van der Waals surface area contributed by atoms with Crippen LogP contribution in [0.1, 0.15) is 59.8 Å². The van der Waals surface area contributed by atoms with Crippen molar-refractivity contribution < 1.29 is 39.0 Å². The van der Waals surface area contributed by atoms with Crippen molar-refractivity contribution in [2.24, 2.45) is 23.3 Å². The molecule has 0 saturated carbocycles. The van der Waals surface area contributed by atoms with E-state index in [0.717, 1.165) is 0 Å². The van der Waals surface area contributed by atoms with E-state index in [-0.39, 0.29) is 31.1 Å². The summed E-state index contributed by atoms with van der Waals surface area (Å²) in [5.41, 5.74) is 10.7. The molecule has 0 fully saturated rings. The van der Waals surface area contributed by atoms with Gasteiger partial charge in [-0.25, -0.2) is 4.79 Å². The summed E-state index contributed by atoms with van der Waals surface area (Å²) in [7, 11) is 0. The highest BCUT2D eigenvalue weighted by Crippen LogP contribution is 2.11. The van der Waals surface area contributed by atoms with Crippen LogP contribution in [-0.4, -0.2) is 69.9 Å². The molecule has 0 aliphatic carbocycles. The first-order chi connectivity index (χ1) is 15.7. The lowest BCUT2D eigenvalue weighted by atomic mass is 9.97. The van der Waals surface area contributed by atoms with Gasteiger partial charge in [-0.15, -0.1) is 0 Å². The SMILES string of the molecule is CCC(C)C(NC(=O)C(CC(C)C)NC(=O)C(CCC(N)=O)NC(=O)C(N)CC(=O)O)C(=O)O. The maximum atomic E-state index is 12.9. The fourth-order valence-corrected chi connectivity index (χ4v) is 3.03. The quantitative estimate of drug-likeness (QED) is 0.137. The summed E-state index contributed by atoms with van der Waals surface area (Å²) in [5.74, 6) is -6.16. The highest BCUT2D eigenvalue weighted by atomic mass is 16.4. The van der Waals surface area contributed by atoms with Gasteiger partial charge in [-0.2, -0.15) is 0 Å². The van der Waals surface area contributed by atoms with Crippen LogP contribution in [-0.2, 0) is 28.8 Å². The maximum Gasteiger partial charge on any atom is 0.326 e. The molecule has 0 heterocycles. The van der Waals surface area contributed by atoms with Gasteiger partial charge < -0.3 is 37.6 Å². The standard InChI is InChI=1S/C21H37N5O8/c1-5-11(4)17(21(33)34)26-20(32)14(8-10(2)3)25-19(31)13(6-7-15(23)27)24-18(30)12(22)9-16(28)29/h10-14,17H,5-9,22H2,1-4H3,(H2,23,27)(H,24,30)(H,25,31)(H,26,32)(H,28,29)(H,33,34). The minimum atomic E-state index is -1.44. The number of hydrogen-bond donors (Lipinski definition) is 7.